The fourth-order valence-electron chi connectivity index (χ4n) is 1.86. The molecule has 3 aromatic rings. The van der Waals surface area contributed by atoms with Crippen LogP contribution in [0.2, 0.25) is 0 Å². The molecule has 0 aliphatic rings. The van der Waals surface area contributed by atoms with Gasteiger partial charge in [-0.15, -0.1) is 0 Å². The van der Waals surface area contributed by atoms with E-state index in [1.807, 2.05) is 0 Å². The van der Waals surface area contributed by atoms with Crippen molar-refractivity contribution in [3.63, 3.8) is 0 Å². The molecule has 0 aliphatic heterocycles. The normalized spacial score (nSPS) is 12.8. The van der Waals surface area contributed by atoms with Gasteiger partial charge in [0.25, 0.3) is 0 Å². The summed E-state index contributed by atoms with van der Waals surface area (Å²) >= 11 is 0. The molecule has 3 heterocycles. The molecule has 3 rings (SSSR count). The summed E-state index contributed by atoms with van der Waals surface area (Å²) in [4.78, 5) is 13.5. The van der Waals surface area contributed by atoms with Crippen LogP contribution < -0.4 is 0 Å². The van der Waals surface area contributed by atoms with Crippen LogP contribution in [0.1, 0.15) is 11.5 Å². The summed E-state index contributed by atoms with van der Waals surface area (Å²) in [6, 6.07) is 2.95. The van der Waals surface area contributed by atoms with Crippen molar-refractivity contribution >= 4 is 11.2 Å². The first-order valence-corrected chi connectivity index (χ1v) is 5.98. The van der Waals surface area contributed by atoms with Crippen LogP contribution in [0.3, 0.4) is 0 Å². The second kappa shape index (κ2) is 4.89. The molecule has 120 valence electrons. The topological polar surface area (TPSA) is 56.5 Å². The second-order valence-corrected chi connectivity index (χ2v) is 4.39. The van der Waals surface area contributed by atoms with E-state index in [4.69, 9.17) is 0 Å². The van der Waals surface area contributed by atoms with Crippen molar-refractivity contribution in [1.82, 2.24) is 24.5 Å². The molecule has 3 aromatic heterocycles. The summed E-state index contributed by atoms with van der Waals surface area (Å²) < 4.78 is 76.7. The third-order valence-electron chi connectivity index (χ3n) is 2.84. The molecule has 0 aliphatic carbocycles. The molecule has 0 N–H and O–H groups in total. The van der Waals surface area contributed by atoms with Gasteiger partial charge in [0.15, 0.2) is 5.65 Å². The van der Waals surface area contributed by atoms with Crippen LogP contribution in [0.15, 0.2) is 30.7 Å². The minimum atomic E-state index is -4.74. The number of hydrogen-bond donors (Lipinski definition) is 0. The Balaban J connectivity index is 2.11. The number of pyridine rings is 1. The quantitative estimate of drug-likeness (QED) is 0.642. The number of hydrogen-bond acceptors (Lipinski definition) is 4. The lowest BCUT2D eigenvalue weighted by Gasteiger charge is -2.08. The van der Waals surface area contributed by atoms with Gasteiger partial charge in [0.1, 0.15) is 17.8 Å². The van der Waals surface area contributed by atoms with E-state index in [0.717, 1.165) is 23.2 Å². The van der Waals surface area contributed by atoms with Gasteiger partial charge in [-0.1, -0.05) is 0 Å². The predicted octanol–water partition coefficient (Wildman–Crippen LogP) is 3.25. The molecule has 0 aromatic carbocycles. The SMILES string of the molecule is FC(F)(F)c1ccc2c(ncn2-c2ccnc(C(F)(F)F)n2)n1. The van der Waals surface area contributed by atoms with E-state index >= 15 is 0 Å². The second-order valence-electron chi connectivity index (χ2n) is 4.39. The molecule has 23 heavy (non-hydrogen) atoms. The Morgan fingerprint density at radius 1 is 0.826 bits per heavy atom. The zero-order valence-corrected chi connectivity index (χ0v) is 10.9. The highest BCUT2D eigenvalue weighted by atomic mass is 19.4. The lowest BCUT2D eigenvalue weighted by Crippen LogP contribution is -2.12. The number of fused-ring (bicyclic) bond motifs is 1. The van der Waals surface area contributed by atoms with Crippen molar-refractivity contribution in [3.8, 4) is 5.82 Å². The van der Waals surface area contributed by atoms with Gasteiger partial charge < -0.3 is 0 Å². The Kier molecular flexibility index (Phi) is 3.23. The van der Waals surface area contributed by atoms with Gasteiger partial charge in [-0.3, -0.25) is 4.57 Å². The zero-order chi connectivity index (χ0) is 16.8. The first kappa shape index (κ1) is 15.2. The average Bonchev–Trinajstić information content (AvgIpc) is 2.88. The van der Waals surface area contributed by atoms with E-state index < -0.39 is 23.9 Å². The van der Waals surface area contributed by atoms with E-state index in [1.165, 1.54) is 6.07 Å². The van der Waals surface area contributed by atoms with Gasteiger partial charge in [-0.25, -0.2) is 19.9 Å². The van der Waals surface area contributed by atoms with Crippen LogP contribution in [0.5, 0.6) is 0 Å². The first-order valence-electron chi connectivity index (χ1n) is 5.98. The Hall–Kier alpha value is -2.72. The van der Waals surface area contributed by atoms with E-state index in [-0.39, 0.29) is 17.0 Å². The van der Waals surface area contributed by atoms with E-state index in [0.29, 0.717) is 6.07 Å². The summed E-state index contributed by atoms with van der Waals surface area (Å²) in [6.45, 7) is 0. The smallest absolute Gasteiger partial charge is 0.281 e. The van der Waals surface area contributed by atoms with Gasteiger partial charge in [0.2, 0.25) is 5.82 Å². The maximum absolute atomic E-state index is 12.6. The number of halogens is 6. The third kappa shape index (κ3) is 2.81. The molecule has 0 fully saturated rings. The van der Waals surface area contributed by atoms with Gasteiger partial charge in [-0.2, -0.15) is 26.3 Å². The lowest BCUT2D eigenvalue weighted by molar-refractivity contribution is -0.145. The Labute approximate surface area is 123 Å². The summed E-state index contributed by atoms with van der Waals surface area (Å²) in [5.41, 5.74) is -1.31. The number of nitrogens with zero attached hydrogens (tertiary/aromatic N) is 5. The van der Waals surface area contributed by atoms with E-state index in [1.54, 1.807) is 0 Å². The Morgan fingerprint density at radius 3 is 2.22 bits per heavy atom. The van der Waals surface area contributed by atoms with Crippen molar-refractivity contribution < 1.29 is 26.3 Å². The Morgan fingerprint density at radius 2 is 1.57 bits per heavy atom. The highest BCUT2D eigenvalue weighted by Gasteiger charge is 2.35. The minimum absolute atomic E-state index is 0.0878. The highest BCUT2D eigenvalue weighted by molar-refractivity contribution is 5.73. The molecule has 0 radical (unpaired) electrons. The molecule has 11 heteroatoms. The number of alkyl halides is 6. The summed E-state index contributed by atoms with van der Waals surface area (Å²) in [5, 5.41) is 0. The van der Waals surface area contributed by atoms with Gasteiger partial charge in [-0.05, 0) is 18.2 Å². The lowest BCUT2D eigenvalue weighted by atomic mass is 10.3. The standard InChI is InChI=1S/C12H5F6N5/c13-11(14,15)7-2-1-6-9(21-7)20-5-23(6)8-3-4-19-10(22-8)12(16,17)18/h1-5H. The average molecular weight is 333 g/mol. The van der Waals surface area contributed by atoms with Crippen LogP contribution in [-0.2, 0) is 12.4 Å². The molecule has 0 atom stereocenters. The first-order chi connectivity index (χ1) is 10.7. The highest BCUT2D eigenvalue weighted by Crippen LogP contribution is 2.30. The minimum Gasteiger partial charge on any atom is -0.281 e. The number of aromatic nitrogens is 5. The molecule has 5 nitrogen and oxygen atoms in total. The van der Waals surface area contributed by atoms with Crippen LogP contribution in [0.25, 0.3) is 17.0 Å². The van der Waals surface area contributed by atoms with Crippen molar-refractivity contribution in [1.29, 1.82) is 0 Å². The van der Waals surface area contributed by atoms with Crippen LogP contribution in [-0.4, -0.2) is 24.5 Å². The molecular weight excluding hydrogens is 328 g/mol. The molecule has 0 unspecified atom stereocenters. The van der Waals surface area contributed by atoms with Gasteiger partial charge in [0, 0.05) is 6.20 Å². The maximum Gasteiger partial charge on any atom is 0.451 e. The monoisotopic (exact) mass is 333 g/mol. The molecule has 0 amide bonds. The van der Waals surface area contributed by atoms with Crippen molar-refractivity contribution in [2.45, 2.75) is 12.4 Å². The third-order valence-corrected chi connectivity index (χ3v) is 2.84. The number of rotatable bonds is 1. The van der Waals surface area contributed by atoms with Crippen LogP contribution >= 0.6 is 0 Å². The molecular formula is C12H5F6N5. The zero-order valence-electron chi connectivity index (χ0n) is 10.9. The van der Waals surface area contributed by atoms with Crippen molar-refractivity contribution in [2.24, 2.45) is 0 Å². The van der Waals surface area contributed by atoms with Crippen LogP contribution in [0.4, 0.5) is 26.3 Å². The summed E-state index contributed by atoms with van der Waals surface area (Å²) in [6.07, 6.45) is -7.45. The van der Waals surface area contributed by atoms with Gasteiger partial charge >= 0.3 is 12.4 Å². The van der Waals surface area contributed by atoms with Gasteiger partial charge in [0.05, 0.1) is 5.52 Å². The Bertz CT molecular complexity index is 866. The molecule has 0 saturated heterocycles. The fourth-order valence-corrected chi connectivity index (χ4v) is 1.86. The maximum atomic E-state index is 12.6. The molecule has 0 bridgehead atoms. The number of imidazole rings is 1. The summed E-state index contributed by atoms with van der Waals surface area (Å²) in [7, 11) is 0. The fraction of sp³-hybridized carbons (Fsp3) is 0.167. The largest absolute Gasteiger partial charge is 0.451 e. The van der Waals surface area contributed by atoms with Crippen LogP contribution in [0, 0.1) is 0 Å². The van der Waals surface area contributed by atoms with E-state index in [9.17, 15) is 26.3 Å². The molecule has 0 saturated carbocycles. The summed E-state index contributed by atoms with van der Waals surface area (Å²) in [5.74, 6) is -1.55. The molecule has 0 spiro atoms. The van der Waals surface area contributed by atoms with Crippen molar-refractivity contribution in [3.05, 3.63) is 42.2 Å². The van der Waals surface area contributed by atoms with Crippen molar-refractivity contribution in [2.75, 3.05) is 0 Å². The predicted molar refractivity (Wildman–Crippen MR) is 64.5 cm³/mol. The van der Waals surface area contributed by atoms with E-state index in [2.05, 4.69) is 19.9 Å².